The Bertz CT molecular complexity index is 2670. The monoisotopic (exact) mass is 629 g/mol. The molecule has 0 saturated carbocycles. The third-order valence-electron chi connectivity index (χ3n) is 10.7. The second-order valence-electron chi connectivity index (χ2n) is 13.1. The molecule has 0 fully saturated rings. The zero-order valence-corrected chi connectivity index (χ0v) is 26.3. The molecule has 0 N–H and O–H groups in total. The van der Waals surface area contributed by atoms with Crippen molar-refractivity contribution in [1.29, 1.82) is 0 Å². The maximum atomic E-state index is 14.1. The van der Waals surface area contributed by atoms with Crippen molar-refractivity contribution in [2.75, 3.05) is 4.90 Å². The normalized spacial score (nSPS) is 14.8. The molecule has 1 spiro atoms. The van der Waals surface area contributed by atoms with Crippen molar-refractivity contribution in [3.63, 3.8) is 0 Å². The number of hydrogen-bond donors (Lipinski definition) is 0. The molecule has 0 radical (unpaired) electrons. The van der Waals surface area contributed by atoms with Crippen LogP contribution in [0.1, 0.15) is 43.7 Å². The number of ether oxygens (including phenoxy) is 1. The summed E-state index contributed by atoms with van der Waals surface area (Å²) >= 11 is 0. The lowest BCUT2D eigenvalue weighted by atomic mass is 9.63. The smallest absolute Gasteiger partial charge is 0.197 e. The molecule has 4 heteroatoms. The molecule has 11 rings (SSSR count). The van der Waals surface area contributed by atoms with Crippen LogP contribution in [-0.2, 0) is 12.0 Å². The molecule has 4 nitrogen and oxygen atoms in total. The summed E-state index contributed by atoms with van der Waals surface area (Å²) in [6, 6.07) is 52.8. The minimum absolute atomic E-state index is 0.0260. The average Bonchev–Trinajstić information content (AvgIpc) is 3.64. The number of fused-ring (bicyclic) bond motifs is 15. The SMILES string of the molecule is O=C1c2cc(N3c4ccccc4C4(c5ccccc5-c5ccccc54)c4c3ccc3oc5ccccc5c43)ccc2COc2ccccc21. The third kappa shape index (κ3) is 3.35. The Morgan fingerprint density at radius 3 is 2.04 bits per heavy atom. The highest BCUT2D eigenvalue weighted by Crippen LogP contribution is 2.65. The lowest BCUT2D eigenvalue weighted by Gasteiger charge is -2.45. The predicted molar refractivity (Wildman–Crippen MR) is 193 cm³/mol. The van der Waals surface area contributed by atoms with Gasteiger partial charge in [-0.15, -0.1) is 0 Å². The van der Waals surface area contributed by atoms with Crippen molar-refractivity contribution in [1.82, 2.24) is 0 Å². The molecular weight excluding hydrogens is 602 g/mol. The minimum Gasteiger partial charge on any atom is -0.488 e. The van der Waals surface area contributed by atoms with Crippen LogP contribution in [0.2, 0.25) is 0 Å². The molecule has 2 aliphatic heterocycles. The molecule has 0 amide bonds. The zero-order valence-electron chi connectivity index (χ0n) is 26.3. The fraction of sp³-hybridized carbons (Fsp3) is 0.0444. The third-order valence-corrected chi connectivity index (χ3v) is 10.7. The standard InChI is InChI=1S/C45H27NO3/c47-44-32-14-4-9-19-39(32)48-26-27-21-22-28(25-33(27)44)46-37-18-8-7-17-36(37)45(34-15-5-1-11-29(34)30-12-2-6-16-35(30)45)43-38(46)23-24-41-42(43)31-13-3-10-20-40(31)49-41/h1-25H,26H2. The van der Waals surface area contributed by atoms with Gasteiger partial charge in [0.1, 0.15) is 23.5 Å². The quantitative estimate of drug-likeness (QED) is 0.181. The number of furan rings is 1. The van der Waals surface area contributed by atoms with Crippen LogP contribution < -0.4 is 9.64 Å². The first-order valence-corrected chi connectivity index (χ1v) is 16.7. The molecule has 0 bridgehead atoms. The molecule has 230 valence electrons. The van der Waals surface area contributed by atoms with Crippen LogP contribution in [0, 0.1) is 0 Å². The maximum Gasteiger partial charge on any atom is 0.197 e. The van der Waals surface area contributed by atoms with Gasteiger partial charge in [-0.05, 0) is 76.3 Å². The number of carbonyl (C=O) groups is 1. The molecule has 0 saturated heterocycles. The molecule has 3 heterocycles. The van der Waals surface area contributed by atoms with E-state index in [-0.39, 0.29) is 5.78 Å². The van der Waals surface area contributed by atoms with Gasteiger partial charge in [0.2, 0.25) is 0 Å². The summed E-state index contributed by atoms with van der Waals surface area (Å²) in [7, 11) is 0. The predicted octanol–water partition coefficient (Wildman–Crippen LogP) is 10.9. The minimum atomic E-state index is -0.615. The van der Waals surface area contributed by atoms with Crippen molar-refractivity contribution in [2.24, 2.45) is 0 Å². The molecule has 1 aliphatic carbocycles. The number of para-hydroxylation sites is 3. The summed E-state index contributed by atoms with van der Waals surface area (Å²) in [5, 5.41) is 2.19. The number of rotatable bonds is 1. The van der Waals surface area contributed by atoms with Crippen molar-refractivity contribution in [2.45, 2.75) is 12.0 Å². The average molecular weight is 630 g/mol. The van der Waals surface area contributed by atoms with E-state index >= 15 is 0 Å². The fourth-order valence-corrected chi connectivity index (χ4v) is 8.82. The highest BCUT2D eigenvalue weighted by Gasteiger charge is 2.53. The number of carbonyl (C=O) groups excluding carboxylic acids is 1. The van der Waals surface area contributed by atoms with E-state index in [1.165, 1.54) is 33.4 Å². The molecule has 7 aromatic carbocycles. The molecule has 49 heavy (non-hydrogen) atoms. The van der Waals surface area contributed by atoms with E-state index < -0.39 is 5.41 Å². The molecule has 0 unspecified atom stereocenters. The van der Waals surface area contributed by atoms with Crippen LogP contribution in [0.3, 0.4) is 0 Å². The largest absolute Gasteiger partial charge is 0.488 e. The summed E-state index contributed by atoms with van der Waals surface area (Å²) in [5.41, 5.74) is 13.6. The van der Waals surface area contributed by atoms with Crippen LogP contribution in [0.5, 0.6) is 5.75 Å². The van der Waals surface area contributed by atoms with Crippen LogP contribution in [-0.4, -0.2) is 5.78 Å². The first-order valence-electron chi connectivity index (χ1n) is 16.7. The second kappa shape index (κ2) is 9.59. The summed E-state index contributed by atoms with van der Waals surface area (Å²) in [5.74, 6) is 0.593. The number of anilines is 3. The van der Waals surface area contributed by atoms with Crippen molar-refractivity contribution >= 4 is 44.8 Å². The van der Waals surface area contributed by atoms with Gasteiger partial charge >= 0.3 is 0 Å². The summed E-state index contributed by atoms with van der Waals surface area (Å²) in [4.78, 5) is 16.4. The summed E-state index contributed by atoms with van der Waals surface area (Å²) in [6.45, 7) is 0.337. The number of benzene rings is 7. The van der Waals surface area contributed by atoms with E-state index in [1.807, 2.05) is 36.4 Å². The highest BCUT2D eigenvalue weighted by atomic mass is 16.5. The topological polar surface area (TPSA) is 42.7 Å². The van der Waals surface area contributed by atoms with Gasteiger partial charge in [0.15, 0.2) is 5.78 Å². The lowest BCUT2D eigenvalue weighted by Crippen LogP contribution is -2.36. The number of ketones is 1. The Hall–Kier alpha value is -6.39. The van der Waals surface area contributed by atoms with Crippen molar-refractivity contribution in [3.05, 3.63) is 191 Å². The molecule has 1 aromatic heterocycles. The van der Waals surface area contributed by atoms with Gasteiger partial charge in [-0.1, -0.05) is 103 Å². The second-order valence-corrected chi connectivity index (χ2v) is 13.1. The summed E-state index contributed by atoms with van der Waals surface area (Å²) in [6.07, 6.45) is 0. The highest BCUT2D eigenvalue weighted by molar-refractivity contribution is 6.14. The maximum absolute atomic E-state index is 14.1. The molecule has 8 aromatic rings. The Morgan fingerprint density at radius 2 is 1.22 bits per heavy atom. The van der Waals surface area contributed by atoms with Crippen LogP contribution in [0.4, 0.5) is 17.1 Å². The van der Waals surface area contributed by atoms with Gasteiger partial charge in [-0.25, -0.2) is 0 Å². The number of hydrogen-bond acceptors (Lipinski definition) is 4. The van der Waals surface area contributed by atoms with Gasteiger partial charge < -0.3 is 14.1 Å². The van der Waals surface area contributed by atoms with Gasteiger partial charge in [-0.2, -0.15) is 0 Å². The van der Waals surface area contributed by atoms with E-state index in [1.54, 1.807) is 0 Å². The Balaban J connectivity index is 1.28. The zero-order chi connectivity index (χ0) is 32.3. The van der Waals surface area contributed by atoms with Crippen LogP contribution in [0.15, 0.2) is 156 Å². The van der Waals surface area contributed by atoms with Gasteiger partial charge in [-0.3, -0.25) is 4.79 Å². The molecule has 3 aliphatic rings. The van der Waals surface area contributed by atoms with E-state index in [0.29, 0.717) is 23.5 Å². The summed E-state index contributed by atoms with van der Waals surface area (Å²) < 4.78 is 12.7. The molecular formula is C45H27NO3. The van der Waals surface area contributed by atoms with Gasteiger partial charge in [0.25, 0.3) is 0 Å². The van der Waals surface area contributed by atoms with Crippen LogP contribution >= 0.6 is 0 Å². The van der Waals surface area contributed by atoms with Crippen molar-refractivity contribution in [3.8, 4) is 16.9 Å². The first kappa shape index (κ1) is 26.7. The van der Waals surface area contributed by atoms with E-state index in [4.69, 9.17) is 9.15 Å². The van der Waals surface area contributed by atoms with Gasteiger partial charge in [0, 0.05) is 33.2 Å². The number of nitrogens with zero attached hydrogens (tertiary/aromatic N) is 1. The molecule has 0 atom stereocenters. The Kier molecular flexibility index (Phi) is 5.21. The lowest BCUT2D eigenvalue weighted by molar-refractivity contribution is 0.103. The Morgan fingerprint density at radius 1 is 0.551 bits per heavy atom. The fourth-order valence-electron chi connectivity index (χ4n) is 8.82. The van der Waals surface area contributed by atoms with Gasteiger partial charge in [0.05, 0.1) is 22.4 Å². The van der Waals surface area contributed by atoms with E-state index in [9.17, 15) is 4.79 Å². The van der Waals surface area contributed by atoms with E-state index in [2.05, 4.69) is 120 Å². The van der Waals surface area contributed by atoms with Crippen LogP contribution in [0.25, 0.3) is 33.1 Å². The Labute approximate surface area is 282 Å². The van der Waals surface area contributed by atoms with Crippen molar-refractivity contribution < 1.29 is 13.9 Å². The first-order chi connectivity index (χ1) is 24.2. The van der Waals surface area contributed by atoms with E-state index in [0.717, 1.165) is 44.6 Å².